The molecule has 0 aromatic heterocycles. The van der Waals surface area contributed by atoms with E-state index in [1.54, 1.807) is 12.1 Å². The van der Waals surface area contributed by atoms with Crippen molar-refractivity contribution in [3.05, 3.63) is 28.3 Å². The summed E-state index contributed by atoms with van der Waals surface area (Å²) in [6, 6.07) is 3.22. The summed E-state index contributed by atoms with van der Waals surface area (Å²) in [5.74, 6) is -0.305. The maximum absolute atomic E-state index is 11.4. The second-order valence-corrected chi connectivity index (χ2v) is 3.75. The second-order valence-electron chi connectivity index (χ2n) is 3.34. The van der Waals surface area contributed by atoms with Crippen LogP contribution in [0.2, 0.25) is 11.3 Å². The molecule has 0 fully saturated rings. The van der Waals surface area contributed by atoms with Crippen molar-refractivity contribution >= 4 is 36.8 Å². The van der Waals surface area contributed by atoms with Crippen LogP contribution in [0.5, 0.6) is 0 Å². The number of amides is 1. The van der Waals surface area contributed by atoms with Crippen LogP contribution >= 0.6 is 11.6 Å². The van der Waals surface area contributed by atoms with Gasteiger partial charge in [0.2, 0.25) is 5.91 Å². The average Bonchev–Trinajstić information content (AvgIpc) is 2.55. The maximum Gasteiger partial charge on any atom is 0.228 e. The third kappa shape index (κ3) is 1.77. The number of carbonyl (C=O) groups is 2. The number of anilines is 1. The minimum atomic E-state index is -0.220. The SMILES string of the molecule is [B]CC(=O)c1cc2c(cc1Cl)NC(=O)C2. The lowest BCUT2D eigenvalue weighted by atomic mass is 9.94. The Morgan fingerprint density at radius 2 is 2.27 bits per heavy atom. The number of hydrogen-bond donors (Lipinski definition) is 1. The lowest BCUT2D eigenvalue weighted by molar-refractivity contribution is -0.115. The van der Waals surface area contributed by atoms with Gasteiger partial charge in [0, 0.05) is 11.3 Å². The van der Waals surface area contributed by atoms with Crippen LogP contribution < -0.4 is 5.32 Å². The third-order valence-corrected chi connectivity index (χ3v) is 2.62. The summed E-state index contributed by atoms with van der Waals surface area (Å²) in [5.41, 5.74) is 1.86. The highest BCUT2D eigenvalue weighted by molar-refractivity contribution is 6.36. The first-order valence-corrected chi connectivity index (χ1v) is 4.85. The fraction of sp³-hybridized carbons (Fsp3) is 0.200. The minimum Gasteiger partial charge on any atom is -0.325 e. The van der Waals surface area contributed by atoms with Gasteiger partial charge in [-0.3, -0.25) is 9.59 Å². The molecule has 74 valence electrons. The molecule has 1 N–H and O–H groups in total. The van der Waals surface area contributed by atoms with Gasteiger partial charge in [0.1, 0.15) is 0 Å². The molecule has 1 aliphatic heterocycles. The van der Waals surface area contributed by atoms with Gasteiger partial charge in [-0.15, -0.1) is 0 Å². The number of carbonyl (C=O) groups excluding carboxylic acids is 2. The molecule has 1 aromatic carbocycles. The van der Waals surface area contributed by atoms with Gasteiger partial charge in [-0.1, -0.05) is 11.6 Å². The number of Topliss-reactive ketones (excluding diaryl/α,β-unsaturated/α-hetero) is 1. The molecule has 2 rings (SSSR count). The first-order chi connectivity index (χ1) is 7.11. The van der Waals surface area contributed by atoms with Crippen molar-refractivity contribution in [3.63, 3.8) is 0 Å². The van der Waals surface area contributed by atoms with E-state index in [-0.39, 0.29) is 24.4 Å². The highest BCUT2D eigenvalue weighted by Crippen LogP contribution is 2.30. The molecule has 2 radical (unpaired) electrons. The highest BCUT2D eigenvalue weighted by Gasteiger charge is 2.21. The van der Waals surface area contributed by atoms with Crippen LogP contribution in [0.1, 0.15) is 15.9 Å². The van der Waals surface area contributed by atoms with Gasteiger partial charge in [0.15, 0.2) is 5.78 Å². The molecular weight excluding hydrogens is 212 g/mol. The van der Waals surface area contributed by atoms with E-state index in [1.165, 1.54) is 0 Å². The van der Waals surface area contributed by atoms with Gasteiger partial charge in [0.05, 0.1) is 19.3 Å². The summed E-state index contributed by atoms with van der Waals surface area (Å²) in [6.07, 6.45) is 0.206. The van der Waals surface area contributed by atoms with Gasteiger partial charge < -0.3 is 5.32 Å². The molecule has 0 saturated carbocycles. The van der Waals surface area contributed by atoms with Crippen molar-refractivity contribution in [1.82, 2.24) is 0 Å². The Labute approximate surface area is 93.2 Å². The van der Waals surface area contributed by atoms with E-state index >= 15 is 0 Å². The number of benzene rings is 1. The Morgan fingerprint density at radius 1 is 1.53 bits per heavy atom. The zero-order chi connectivity index (χ0) is 11.0. The summed E-state index contributed by atoms with van der Waals surface area (Å²) in [7, 11) is 5.25. The summed E-state index contributed by atoms with van der Waals surface area (Å²) in [5, 5.41) is 2.98. The molecule has 1 aromatic rings. The van der Waals surface area contributed by atoms with Crippen LogP contribution in [0.15, 0.2) is 12.1 Å². The van der Waals surface area contributed by atoms with Crippen molar-refractivity contribution in [2.24, 2.45) is 0 Å². The fourth-order valence-electron chi connectivity index (χ4n) is 1.57. The molecule has 0 bridgehead atoms. The normalized spacial score (nSPS) is 13.5. The number of fused-ring (bicyclic) bond motifs is 1. The van der Waals surface area contributed by atoms with E-state index in [0.29, 0.717) is 16.3 Å². The van der Waals surface area contributed by atoms with Crippen molar-refractivity contribution in [1.29, 1.82) is 0 Å². The Bertz CT molecular complexity index is 459. The van der Waals surface area contributed by atoms with Gasteiger partial charge >= 0.3 is 0 Å². The number of nitrogens with one attached hydrogen (secondary N) is 1. The van der Waals surface area contributed by atoms with Gasteiger partial charge in [-0.25, -0.2) is 0 Å². The first kappa shape index (κ1) is 10.2. The molecule has 0 unspecified atom stereocenters. The zero-order valence-electron chi connectivity index (χ0n) is 7.84. The van der Waals surface area contributed by atoms with Crippen molar-refractivity contribution in [2.75, 3.05) is 5.32 Å². The van der Waals surface area contributed by atoms with Gasteiger partial charge in [-0.2, -0.15) is 0 Å². The summed E-state index contributed by atoms with van der Waals surface area (Å²) in [6.45, 7) is 0. The predicted octanol–water partition coefficient (Wildman–Crippen LogP) is 1.60. The summed E-state index contributed by atoms with van der Waals surface area (Å²) < 4.78 is 0. The van der Waals surface area contributed by atoms with Crippen LogP contribution in [-0.2, 0) is 11.2 Å². The van der Waals surface area contributed by atoms with Crippen molar-refractivity contribution in [3.8, 4) is 0 Å². The quantitative estimate of drug-likeness (QED) is 0.607. The first-order valence-electron chi connectivity index (χ1n) is 4.47. The number of rotatable bonds is 2. The lowest BCUT2D eigenvalue weighted by Gasteiger charge is -2.05. The van der Waals surface area contributed by atoms with Crippen LogP contribution in [0.25, 0.3) is 0 Å². The molecular formula is C10H7BClNO2. The Kier molecular flexibility index (Phi) is 2.53. The van der Waals surface area contributed by atoms with Crippen LogP contribution in [0.3, 0.4) is 0 Å². The minimum absolute atomic E-state index is 0.0835. The predicted molar refractivity (Wildman–Crippen MR) is 58.7 cm³/mol. The molecule has 0 saturated heterocycles. The number of ketones is 1. The zero-order valence-corrected chi connectivity index (χ0v) is 8.60. The molecule has 3 nitrogen and oxygen atoms in total. The maximum atomic E-state index is 11.4. The highest BCUT2D eigenvalue weighted by atomic mass is 35.5. The van der Waals surface area contributed by atoms with Crippen molar-refractivity contribution in [2.45, 2.75) is 12.7 Å². The van der Waals surface area contributed by atoms with E-state index in [0.717, 1.165) is 5.56 Å². The van der Waals surface area contributed by atoms with E-state index in [2.05, 4.69) is 5.32 Å². The molecule has 1 aliphatic rings. The van der Waals surface area contributed by atoms with E-state index < -0.39 is 0 Å². The van der Waals surface area contributed by atoms with E-state index in [1.807, 2.05) is 0 Å². The molecule has 1 amide bonds. The van der Waals surface area contributed by atoms with Gasteiger partial charge in [0.25, 0.3) is 0 Å². The average molecular weight is 219 g/mol. The fourth-order valence-corrected chi connectivity index (χ4v) is 1.84. The second kappa shape index (κ2) is 3.70. The lowest BCUT2D eigenvalue weighted by Crippen LogP contribution is -2.03. The van der Waals surface area contributed by atoms with Crippen LogP contribution in [0, 0.1) is 0 Å². The number of halogens is 1. The summed E-state index contributed by atoms with van der Waals surface area (Å²) >= 11 is 5.90. The molecule has 1 heterocycles. The Balaban J connectivity index is 2.48. The smallest absolute Gasteiger partial charge is 0.228 e. The van der Waals surface area contributed by atoms with E-state index in [4.69, 9.17) is 19.4 Å². The molecule has 5 heteroatoms. The Morgan fingerprint density at radius 3 is 2.93 bits per heavy atom. The Hall–Kier alpha value is -1.29. The largest absolute Gasteiger partial charge is 0.325 e. The standard InChI is InChI=1S/C10H7BClNO2/c11-4-9(14)6-1-5-2-10(15)13-8(5)3-7(6)12/h1,3H,2,4H2,(H,13,15). The van der Waals surface area contributed by atoms with Gasteiger partial charge in [-0.05, 0) is 24.0 Å². The molecule has 0 atom stereocenters. The van der Waals surface area contributed by atoms with Crippen LogP contribution in [-0.4, -0.2) is 19.5 Å². The molecule has 15 heavy (non-hydrogen) atoms. The van der Waals surface area contributed by atoms with E-state index in [9.17, 15) is 9.59 Å². The van der Waals surface area contributed by atoms with Crippen LogP contribution in [0.4, 0.5) is 5.69 Å². The molecule has 0 aliphatic carbocycles. The summed E-state index contributed by atoms with van der Waals surface area (Å²) in [4.78, 5) is 22.5. The van der Waals surface area contributed by atoms with Crippen molar-refractivity contribution < 1.29 is 9.59 Å². The topological polar surface area (TPSA) is 46.2 Å². The number of hydrogen-bond acceptors (Lipinski definition) is 2. The third-order valence-electron chi connectivity index (χ3n) is 2.30. The molecule has 0 spiro atoms. The monoisotopic (exact) mass is 219 g/mol.